The maximum atomic E-state index is 15.0. The van der Waals surface area contributed by atoms with E-state index in [9.17, 15) is 23.9 Å². The maximum absolute atomic E-state index is 15.0. The Hall–Kier alpha value is -4.93. The SMILES string of the molecule is COCCN1CCN(c2cc(NC(=O)Cn3cc(-c4cc(C(N)=O)c(O)c5c4OCO5)c4c(=O)n(C)cnc43)c(Cl)c(F)n2)[C@@H](C)C1. The molecule has 17 heteroatoms. The molecule has 0 saturated carbocycles. The number of nitrogens with one attached hydrogen (secondary N) is 1. The normalized spacial score (nSPS) is 16.2. The third-order valence-electron chi connectivity index (χ3n) is 8.22. The van der Waals surface area contributed by atoms with Crippen LogP contribution in [0.3, 0.4) is 0 Å². The van der Waals surface area contributed by atoms with Gasteiger partial charge in [0, 0.05) is 69.8 Å². The summed E-state index contributed by atoms with van der Waals surface area (Å²) in [5.74, 6) is -2.64. The van der Waals surface area contributed by atoms with Crippen LogP contribution in [0.5, 0.6) is 17.2 Å². The quantitative estimate of drug-likeness (QED) is 0.222. The molecule has 1 aromatic carbocycles. The third-order valence-corrected chi connectivity index (χ3v) is 8.58. The summed E-state index contributed by atoms with van der Waals surface area (Å²) in [5, 5.41) is 13.0. The number of methoxy groups -OCH3 is 1. The second kappa shape index (κ2) is 12.7. The molecule has 2 aliphatic rings. The van der Waals surface area contributed by atoms with E-state index in [-0.39, 0.29) is 69.3 Å². The number of aryl methyl sites for hydroxylation is 1. The van der Waals surface area contributed by atoms with Crippen LogP contribution in [0.25, 0.3) is 22.2 Å². The number of hydrogen-bond donors (Lipinski definition) is 3. The van der Waals surface area contributed by atoms with Crippen LogP contribution >= 0.6 is 11.6 Å². The Bertz CT molecular complexity index is 1970. The van der Waals surface area contributed by atoms with E-state index in [1.807, 2.05) is 11.8 Å². The first-order chi connectivity index (χ1) is 22.5. The van der Waals surface area contributed by atoms with Gasteiger partial charge in [-0.15, -0.1) is 0 Å². The van der Waals surface area contributed by atoms with Crippen molar-refractivity contribution in [2.75, 3.05) is 56.9 Å². The highest BCUT2D eigenvalue weighted by atomic mass is 35.5. The van der Waals surface area contributed by atoms with Crippen LogP contribution in [-0.4, -0.2) is 93.7 Å². The number of carbonyl (C=O) groups excluding carboxylic acids is 2. The number of amides is 2. The van der Waals surface area contributed by atoms with Crippen molar-refractivity contribution >= 4 is 46.0 Å². The number of primary amides is 1. The van der Waals surface area contributed by atoms with Crippen molar-refractivity contribution < 1.29 is 33.3 Å². The van der Waals surface area contributed by atoms with Gasteiger partial charge in [-0.25, -0.2) is 9.97 Å². The summed E-state index contributed by atoms with van der Waals surface area (Å²) in [6.45, 7) is 4.80. The molecule has 5 heterocycles. The summed E-state index contributed by atoms with van der Waals surface area (Å²) in [5.41, 5.74) is 5.44. The number of phenols is 1. The van der Waals surface area contributed by atoms with E-state index >= 15 is 0 Å². The lowest BCUT2D eigenvalue weighted by Gasteiger charge is -2.40. The zero-order chi connectivity index (χ0) is 33.6. The second-order valence-corrected chi connectivity index (χ2v) is 11.7. The summed E-state index contributed by atoms with van der Waals surface area (Å²) in [6.07, 6.45) is 2.79. The predicted octanol–water partition coefficient (Wildman–Crippen LogP) is 1.92. The van der Waals surface area contributed by atoms with Gasteiger partial charge in [-0.05, 0) is 13.0 Å². The summed E-state index contributed by atoms with van der Waals surface area (Å²) in [6, 6.07) is 2.82. The van der Waals surface area contributed by atoms with Crippen molar-refractivity contribution in [1.82, 2.24) is 24.0 Å². The minimum atomic E-state index is -0.931. The van der Waals surface area contributed by atoms with Crippen LogP contribution in [0.2, 0.25) is 5.02 Å². The summed E-state index contributed by atoms with van der Waals surface area (Å²) < 4.78 is 33.8. The molecule has 4 N–H and O–H groups in total. The Morgan fingerprint density at radius 3 is 2.72 bits per heavy atom. The summed E-state index contributed by atoms with van der Waals surface area (Å²) in [4.78, 5) is 51.6. The van der Waals surface area contributed by atoms with Crippen LogP contribution in [-0.2, 0) is 23.1 Å². The highest BCUT2D eigenvalue weighted by Gasteiger charge is 2.31. The lowest BCUT2D eigenvalue weighted by molar-refractivity contribution is -0.116. The molecule has 1 saturated heterocycles. The Balaban J connectivity index is 1.32. The number of benzene rings is 1. The Kier molecular flexibility index (Phi) is 8.65. The zero-order valence-electron chi connectivity index (χ0n) is 25.7. The predicted molar refractivity (Wildman–Crippen MR) is 170 cm³/mol. The van der Waals surface area contributed by atoms with Gasteiger partial charge in [0.05, 0.1) is 29.6 Å². The van der Waals surface area contributed by atoms with E-state index < -0.39 is 29.1 Å². The summed E-state index contributed by atoms with van der Waals surface area (Å²) in [7, 11) is 3.16. The first-order valence-corrected chi connectivity index (χ1v) is 15.0. The Morgan fingerprint density at radius 2 is 2.00 bits per heavy atom. The first-order valence-electron chi connectivity index (χ1n) is 14.6. The molecule has 6 rings (SSSR count). The van der Waals surface area contributed by atoms with Crippen LogP contribution in [0, 0.1) is 5.95 Å². The monoisotopic (exact) mass is 670 g/mol. The van der Waals surface area contributed by atoms with Gasteiger partial charge in [0.25, 0.3) is 11.5 Å². The molecule has 0 radical (unpaired) electrons. The van der Waals surface area contributed by atoms with Crippen molar-refractivity contribution in [2.24, 2.45) is 12.8 Å². The molecule has 0 unspecified atom stereocenters. The van der Waals surface area contributed by atoms with Crippen molar-refractivity contribution in [3.63, 3.8) is 0 Å². The maximum Gasteiger partial charge on any atom is 0.263 e. The molecule has 15 nitrogen and oxygen atoms in total. The number of anilines is 2. The first kappa shape index (κ1) is 32.0. The van der Waals surface area contributed by atoms with Gasteiger partial charge in [0.15, 0.2) is 11.5 Å². The van der Waals surface area contributed by atoms with Gasteiger partial charge < -0.3 is 44.4 Å². The van der Waals surface area contributed by atoms with E-state index in [2.05, 4.69) is 20.2 Å². The van der Waals surface area contributed by atoms with Crippen molar-refractivity contribution in [3.05, 3.63) is 51.5 Å². The summed E-state index contributed by atoms with van der Waals surface area (Å²) >= 11 is 6.25. The molecule has 1 fully saturated rings. The molecule has 3 aromatic heterocycles. The molecule has 0 bridgehead atoms. The number of piperazine rings is 1. The Morgan fingerprint density at radius 1 is 1.23 bits per heavy atom. The number of rotatable bonds is 9. The van der Waals surface area contributed by atoms with Crippen LogP contribution in [0.4, 0.5) is 15.9 Å². The molecule has 47 heavy (non-hydrogen) atoms. The number of carbonyl (C=O) groups is 2. The number of hydrogen-bond acceptors (Lipinski definition) is 11. The lowest BCUT2D eigenvalue weighted by Crippen LogP contribution is -2.53. The number of pyridine rings is 1. The van der Waals surface area contributed by atoms with Crippen LogP contribution < -0.4 is 31.0 Å². The fourth-order valence-electron chi connectivity index (χ4n) is 5.90. The number of halogens is 2. The highest BCUT2D eigenvalue weighted by molar-refractivity contribution is 6.33. The zero-order valence-corrected chi connectivity index (χ0v) is 26.5. The standard InChI is InChI=1S/C30H32ClFN8O7/c1-15-10-38(6-7-45-3)4-5-40(15)20-9-19(23(31)27(32)36-20)35-21(41)12-39-11-18(22-29(39)34-13-37(2)30(22)44)16-8-17(28(33)43)24(42)26-25(16)46-14-47-26/h8-9,11,13,15,42H,4-7,10,12,14H2,1-3H3,(H2,33,43)(H,35,36,41)/t15-/m0/s1. The third kappa shape index (κ3) is 5.90. The van der Waals surface area contributed by atoms with Crippen molar-refractivity contribution in [3.8, 4) is 28.4 Å². The van der Waals surface area contributed by atoms with E-state index in [0.29, 0.717) is 19.0 Å². The fourth-order valence-corrected chi connectivity index (χ4v) is 6.04. The molecular weight excluding hydrogens is 639 g/mol. The van der Waals surface area contributed by atoms with Gasteiger partial charge in [-0.2, -0.15) is 4.39 Å². The molecule has 0 aliphatic carbocycles. The van der Waals surface area contributed by atoms with Gasteiger partial charge in [-0.1, -0.05) is 11.6 Å². The van der Waals surface area contributed by atoms with Gasteiger partial charge in [0.1, 0.15) is 23.0 Å². The van der Waals surface area contributed by atoms with Gasteiger partial charge in [-0.3, -0.25) is 19.3 Å². The van der Waals surface area contributed by atoms with E-state index in [1.165, 1.54) is 40.8 Å². The van der Waals surface area contributed by atoms with Crippen molar-refractivity contribution in [1.29, 1.82) is 0 Å². The Labute approximate surface area is 272 Å². The molecule has 2 aliphatic heterocycles. The average Bonchev–Trinajstić information content (AvgIpc) is 3.66. The minimum Gasteiger partial charge on any atom is -0.504 e. The second-order valence-electron chi connectivity index (χ2n) is 11.3. The minimum absolute atomic E-state index is 0.00129. The highest BCUT2D eigenvalue weighted by Crippen LogP contribution is 2.50. The molecule has 0 spiro atoms. The van der Waals surface area contributed by atoms with E-state index in [0.717, 1.165) is 19.6 Å². The largest absolute Gasteiger partial charge is 0.504 e. The van der Waals surface area contributed by atoms with Crippen molar-refractivity contribution in [2.45, 2.75) is 19.5 Å². The number of ether oxygens (including phenoxy) is 3. The van der Waals surface area contributed by atoms with E-state index in [4.69, 9.17) is 31.5 Å². The van der Waals surface area contributed by atoms with Gasteiger partial charge in [0.2, 0.25) is 24.4 Å². The van der Waals surface area contributed by atoms with E-state index in [1.54, 1.807) is 7.11 Å². The number of aromatic hydroxyl groups is 1. The molecular formula is C30H32ClFN8O7. The molecule has 2 amide bonds. The number of nitrogens with two attached hydrogens (primary N) is 1. The van der Waals surface area contributed by atoms with Gasteiger partial charge >= 0.3 is 0 Å². The fraction of sp³-hybridized carbons (Fsp3) is 0.367. The van der Waals surface area contributed by atoms with Crippen LogP contribution in [0.15, 0.2) is 29.5 Å². The molecule has 4 aromatic rings. The topological polar surface area (TPSA) is 179 Å². The van der Waals surface area contributed by atoms with Crippen LogP contribution in [0.1, 0.15) is 17.3 Å². The number of nitrogens with zero attached hydrogens (tertiary/aromatic N) is 6. The molecule has 1 atom stereocenters. The lowest BCUT2D eigenvalue weighted by atomic mass is 10.0. The smallest absolute Gasteiger partial charge is 0.263 e. The number of aromatic nitrogens is 4. The average molecular weight is 671 g/mol. The number of fused-ring (bicyclic) bond motifs is 2. The molecule has 248 valence electrons.